The number of amidine groups is 1. The molecule has 1 aromatic rings. The van der Waals surface area contributed by atoms with Gasteiger partial charge in [0.15, 0.2) is 5.84 Å². The number of benzene rings is 1. The third-order valence-electron chi connectivity index (χ3n) is 2.03. The van der Waals surface area contributed by atoms with Gasteiger partial charge in [0.05, 0.1) is 0 Å². The molecule has 0 aromatic heterocycles. The number of nitrogens with two attached hydrogens (primary N) is 1. The zero-order valence-electron chi connectivity index (χ0n) is 10.9. The number of hydrogen-bond donors (Lipinski definition) is 4. The second-order valence-corrected chi connectivity index (χ2v) is 4.16. The molecule has 1 rings (SSSR count). The Morgan fingerprint density at radius 1 is 1.53 bits per heavy atom. The first-order chi connectivity index (χ1) is 9.01. The molecule has 104 valence electrons. The van der Waals surface area contributed by atoms with E-state index in [4.69, 9.17) is 15.7 Å². The number of nitrogens with one attached hydrogen (secondary N) is 2. The molecule has 1 aromatic carbocycles. The monoisotopic (exact) mass is 266 g/mol. The third-order valence-corrected chi connectivity index (χ3v) is 2.03. The average Bonchev–Trinajstić information content (AvgIpc) is 2.35. The van der Waals surface area contributed by atoms with Crippen molar-refractivity contribution in [1.29, 1.82) is 0 Å². The second kappa shape index (κ2) is 7.10. The van der Waals surface area contributed by atoms with Gasteiger partial charge in [-0.1, -0.05) is 11.2 Å². The average molecular weight is 266 g/mol. The predicted octanol–water partition coefficient (Wildman–Crippen LogP) is 1.34. The van der Waals surface area contributed by atoms with Gasteiger partial charge in [0.2, 0.25) is 0 Å². The molecule has 0 spiro atoms. The molecule has 5 N–H and O–H groups in total. The number of anilines is 1. The van der Waals surface area contributed by atoms with Crippen LogP contribution in [0.3, 0.4) is 0 Å². The van der Waals surface area contributed by atoms with Crippen LogP contribution in [0.1, 0.15) is 13.8 Å². The number of ether oxygens (including phenoxy) is 1. The van der Waals surface area contributed by atoms with Crippen LogP contribution in [0, 0.1) is 0 Å². The Kier molecular flexibility index (Phi) is 5.46. The van der Waals surface area contributed by atoms with Crippen molar-refractivity contribution in [3.05, 3.63) is 24.3 Å². The van der Waals surface area contributed by atoms with Crippen molar-refractivity contribution in [1.82, 2.24) is 5.32 Å². The van der Waals surface area contributed by atoms with Crippen molar-refractivity contribution >= 4 is 17.6 Å². The van der Waals surface area contributed by atoms with E-state index in [-0.39, 0.29) is 24.5 Å². The molecule has 19 heavy (non-hydrogen) atoms. The molecule has 2 amide bonds. The van der Waals surface area contributed by atoms with Crippen molar-refractivity contribution in [2.45, 2.75) is 19.9 Å². The Bertz CT molecular complexity index is 460. The summed E-state index contributed by atoms with van der Waals surface area (Å²) in [6.07, 6.45) is 0. The molecular formula is C12H18N4O3. The Morgan fingerprint density at radius 3 is 2.89 bits per heavy atom. The van der Waals surface area contributed by atoms with E-state index < -0.39 is 0 Å². The Hall–Kier alpha value is -2.44. The third kappa shape index (κ3) is 5.62. The van der Waals surface area contributed by atoms with E-state index in [9.17, 15) is 4.79 Å². The maximum Gasteiger partial charge on any atom is 0.319 e. The highest BCUT2D eigenvalue weighted by atomic mass is 16.5. The summed E-state index contributed by atoms with van der Waals surface area (Å²) >= 11 is 0. The minimum absolute atomic E-state index is 0.0296. The molecule has 0 aliphatic heterocycles. The van der Waals surface area contributed by atoms with Crippen LogP contribution in [0.25, 0.3) is 0 Å². The van der Waals surface area contributed by atoms with Crippen molar-refractivity contribution in [2.24, 2.45) is 10.9 Å². The maximum absolute atomic E-state index is 11.5. The van der Waals surface area contributed by atoms with Crippen LogP contribution in [-0.4, -0.2) is 29.7 Å². The lowest BCUT2D eigenvalue weighted by Crippen LogP contribution is -2.34. The summed E-state index contributed by atoms with van der Waals surface area (Å²) in [6.45, 7) is 3.71. The van der Waals surface area contributed by atoms with Gasteiger partial charge in [0.25, 0.3) is 0 Å². The first-order valence-corrected chi connectivity index (χ1v) is 5.78. The van der Waals surface area contributed by atoms with Gasteiger partial charge in [-0.3, -0.25) is 0 Å². The molecule has 7 heteroatoms. The Balaban J connectivity index is 2.59. The molecule has 7 nitrogen and oxygen atoms in total. The van der Waals surface area contributed by atoms with Crippen molar-refractivity contribution < 1.29 is 14.7 Å². The van der Waals surface area contributed by atoms with E-state index in [2.05, 4.69) is 15.8 Å². The van der Waals surface area contributed by atoms with Crippen LogP contribution in [0.15, 0.2) is 29.4 Å². The van der Waals surface area contributed by atoms with Gasteiger partial charge < -0.3 is 26.3 Å². The standard InChI is InChI=1S/C12H18N4O3/c1-8(2)14-12(17)15-9-4-3-5-10(6-9)19-7-11(13)16-18/h3-6,8,18H,7H2,1-2H3,(H2,13,16)(H2,14,15,17). The van der Waals surface area contributed by atoms with E-state index in [1.54, 1.807) is 24.3 Å². The molecule has 0 atom stereocenters. The molecule has 0 aliphatic carbocycles. The van der Waals surface area contributed by atoms with Crippen molar-refractivity contribution in [3.63, 3.8) is 0 Å². The number of urea groups is 1. The van der Waals surface area contributed by atoms with Crippen LogP contribution in [0.4, 0.5) is 10.5 Å². The zero-order chi connectivity index (χ0) is 14.3. The number of oxime groups is 1. The molecule has 0 heterocycles. The van der Waals surface area contributed by atoms with Crippen LogP contribution in [0.5, 0.6) is 5.75 Å². The number of carbonyl (C=O) groups excluding carboxylic acids is 1. The van der Waals surface area contributed by atoms with Gasteiger partial charge >= 0.3 is 6.03 Å². The minimum atomic E-state index is -0.288. The minimum Gasteiger partial charge on any atom is -0.485 e. The van der Waals surface area contributed by atoms with E-state index >= 15 is 0 Å². The molecule has 0 saturated heterocycles. The molecule has 0 aliphatic rings. The van der Waals surface area contributed by atoms with Crippen LogP contribution in [0.2, 0.25) is 0 Å². The fraction of sp³-hybridized carbons (Fsp3) is 0.333. The molecule has 0 fully saturated rings. The number of nitrogens with zero attached hydrogens (tertiary/aromatic N) is 1. The second-order valence-electron chi connectivity index (χ2n) is 4.16. The first-order valence-electron chi connectivity index (χ1n) is 5.78. The normalized spacial score (nSPS) is 11.2. The topological polar surface area (TPSA) is 109 Å². The summed E-state index contributed by atoms with van der Waals surface area (Å²) in [5, 5.41) is 16.6. The lowest BCUT2D eigenvalue weighted by Gasteiger charge is -2.11. The summed E-state index contributed by atoms with van der Waals surface area (Å²) in [5.41, 5.74) is 5.88. The summed E-state index contributed by atoms with van der Waals surface area (Å²) in [5.74, 6) is 0.477. The molecule has 0 unspecified atom stereocenters. The predicted molar refractivity (Wildman–Crippen MR) is 72.6 cm³/mol. The maximum atomic E-state index is 11.5. The van der Waals surface area contributed by atoms with Gasteiger partial charge in [-0.25, -0.2) is 4.79 Å². The fourth-order valence-electron chi connectivity index (χ4n) is 1.28. The lowest BCUT2D eigenvalue weighted by molar-refractivity contribution is 0.250. The number of carbonyl (C=O) groups is 1. The zero-order valence-corrected chi connectivity index (χ0v) is 10.9. The van der Waals surface area contributed by atoms with Crippen LogP contribution >= 0.6 is 0 Å². The van der Waals surface area contributed by atoms with Gasteiger partial charge in [0, 0.05) is 17.8 Å². The van der Waals surface area contributed by atoms with Gasteiger partial charge in [-0.15, -0.1) is 0 Å². The number of amides is 2. The lowest BCUT2D eigenvalue weighted by atomic mass is 10.3. The quantitative estimate of drug-likeness (QED) is 0.279. The van der Waals surface area contributed by atoms with Gasteiger partial charge in [0.1, 0.15) is 12.4 Å². The van der Waals surface area contributed by atoms with Crippen molar-refractivity contribution in [3.8, 4) is 5.75 Å². The SMILES string of the molecule is CC(C)NC(=O)Nc1cccc(OC/C(N)=N/O)c1. The van der Waals surface area contributed by atoms with Crippen LogP contribution in [-0.2, 0) is 0 Å². The summed E-state index contributed by atoms with van der Waals surface area (Å²) in [4.78, 5) is 11.5. The van der Waals surface area contributed by atoms with E-state index in [1.165, 1.54) is 0 Å². The number of rotatable bonds is 5. The number of hydrogen-bond acceptors (Lipinski definition) is 4. The smallest absolute Gasteiger partial charge is 0.319 e. The summed E-state index contributed by atoms with van der Waals surface area (Å²) < 4.78 is 5.27. The molecule has 0 radical (unpaired) electrons. The van der Waals surface area contributed by atoms with Crippen molar-refractivity contribution in [2.75, 3.05) is 11.9 Å². The molecular weight excluding hydrogens is 248 g/mol. The highest BCUT2D eigenvalue weighted by molar-refractivity contribution is 5.89. The van der Waals surface area contributed by atoms with Gasteiger partial charge in [-0.2, -0.15) is 0 Å². The highest BCUT2D eigenvalue weighted by Gasteiger charge is 2.04. The van der Waals surface area contributed by atoms with E-state index in [0.717, 1.165) is 0 Å². The van der Waals surface area contributed by atoms with Crippen LogP contribution < -0.4 is 21.1 Å². The summed E-state index contributed by atoms with van der Waals surface area (Å²) in [7, 11) is 0. The Morgan fingerprint density at radius 2 is 2.26 bits per heavy atom. The molecule has 0 saturated carbocycles. The largest absolute Gasteiger partial charge is 0.485 e. The summed E-state index contributed by atoms with van der Waals surface area (Å²) in [6, 6.07) is 6.58. The van der Waals surface area contributed by atoms with Gasteiger partial charge in [-0.05, 0) is 26.0 Å². The van der Waals surface area contributed by atoms with E-state index in [1.807, 2.05) is 13.8 Å². The highest BCUT2D eigenvalue weighted by Crippen LogP contribution is 2.17. The Labute approximate surface area is 111 Å². The molecule has 0 bridgehead atoms. The first kappa shape index (κ1) is 14.6. The fourth-order valence-corrected chi connectivity index (χ4v) is 1.28. The van der Waals surface area contributed by atoms with E-state index in [0.29, 0.717) is 11.4 Å².